The Kier molecular flexibility index (Phi) is 4.10. The number of aryl methyl sites for hydroxylation is 1. The van der Waals surface area contributed by atoms with Crippen LogP contribution in [0.25, 0.3) is 0 Å². The van der Waals surface area contributed by atoms with Crippen molar-refractivity contribution in [2.75, 3.05) is 0 Å². The minimum absolute atomic E-state index is 0.763. The fourth-order valence-corrected chi connectivity index (χ4v) is 3.17. The number of hydrogen-bond acceptors (Lipinski definition) is 0. The van der Waals surface area contributed by atoms with Crippen molar-refractivity contribution in [1.29, 1.82) is 0 Å². The van der Waals surface area contributed by atoms with E-state index in [0.29, 0.717) is 0 Å². The minimum Gasteiger partial charge on any atom is -0.0891 e. The van der Waals surface area contributed by atoms with Crippen molar-refractivity contribution in [2.24, 2.45) is 0 Å². The van der Waals surface area contributed by atoms with Gasteiger partial charge >= 0.3 is 0 Å². The summed E-state index contributed by atoms with van der Waals surface area (Å²) in [5.74, 6) is 0.800. The van der Waals surface area contributed by atoms with E-state index in [0.717, 1.165) is 10.7 Å². The summed E-state index contributed by atoms with van der Waals surface area (Å²) in [7, 11) is 0. The first kappa shape index (κ1) is 11.9. The molecular weight excluding hydrogens is 363 g/mol. The van der Waals surface area contributed by atoms with Gasteiger partial charge < -0.3 is 0 Å². The standard InChI is InChI=1S/C13H16BrI/c1-9-8-11(4-7-13(9)15)10-2-5-12(14)6-3-10/h4,7-8,10,12H,2-3,5-6H2,1H3. The Hall–Kier alpha value is 0.430. The highest BCUT2D eigenvalue weighted by Gasteiger charge is 2.20. The second-order valence-electron chi connectivity index (χ2n) is 4.46. The molecule has 0 bridgehead atoms. The molecule has 0 aliphatic heterocycles. The molecule has 0 amide bonds. The molecule has 0 unspecified atom stereocenters. The van der Waals surface area contributed by atoms with Crippen molar-refractivity contribution in [1.82, 2.24) is 0 Å². The van der Waals surface area contributed by atoms with Crippen molar-refractivity contribution >= 4 is 38.5 Å². The van der Waals surface area contributed by atoms with Crippen LogP contribution in [0, 0.1) is 10.5 Å². The van der Waals surface area contributed by atoms with Gasteiger partial charge in [-0.3, -0.25) is 0 Å². The van der Waals surface area contributed by atoms with Gasteiger partial charge in [0.25, 0.3) is 0 Å². The summed E-state index contributed by atoms with van der Waals surface area (Å²) in [5, 5.41) is 0. The topological polar surface area (TPSA) is 0 Å². The van der Waals surface area contributed by atoms with Crippen LogP contribution in [0.3, 0.4) is 0 Å². The SMILES string of the molecule is Cc1cc(C2CCC(Br)CC2)ccc1I. The van der Waals surface area contributed by atoms with Gasteiger partial charge in [-0.15, -0.1) is 0 Å². The Bertz CT molecular complexity index is 340. The molecule has 2 heteroatoms. The van der Waals surface area contributed by atoms with Crippen molar-refractivity contribution in [2.45, 2.75) is 43.4 Å². The molecule has 0 radical (unpaired) electrons. The van der Waals surface area contributed by atoms with Crippen LogP contribution in [0.1, 0.15) is 42.7 Å². The third-order valence-electron chi connectivity index (χ3n) is 3.31. The van der Waals surface area contributed by atoms with Crippen LogP contribution < -0.4 is 0 Å². The van der Waals surface area contributed by atoms with E-state index in [1.54, 1.807) is 5.56 Å². The average Bonchev–Trinajstić information content (AvgIpc) is 2.23. The summed E-state index contributed by atoms with van der Waals surface area (Å²) >= 11 is 6.12. The predicted molar refractivity (Wildman–Crippen MR) is 77.8 cm³/mol. The lowest BCUT2D eigenvalue weighted by Crippen LogP contribution is -2.12. The molecule has 1 fully saturated rings. The molecule has 15 heavy (non-hydrogen) atoms. The fourth-order valence-electron chi connectivity index (χ4n) is 2.31. The molecule has 0 spiro atoms. The van der Waals surface area contributed by atoms with Gasteiger partial charge in [0.05, 0.1) is 0 Å². The van der Waals surface area contributed by atoms with E-state index < -0.39 is 0 Å². The molecule has 0 N–H and O–H groups in total. The first-order valence-corrected chi connectivity index (χ1v) is 7.56. The molecule has 0 atom stereocenters. The number of halogens is 2. The number of benzene rings is 1. The molecule has 82 valence electrons. The summed E-state index contributed by atoms with van der Waals surface area (Å²) in [6, 6.07) is 6.94. The van der Waals surface area contributed by atoms with E-state index in [1.165, 1.54) is 34.8 Å². The highest BCUT2D eigenvalue weighted by atomic mass is 127. The first-order chi connectivity index (χ1) is 7.16. The van der Waals surface area contributed by atoms with Crippen LogP contribution in [0.2, 0.25) is 0 Å². The smallest absolute Gasteiger partial charge is 0.0159 e. The molecular formula is C13H16BrI. The maximum Gasteiger partial charge on any atom is 0.0159 e. The lowest BCUT2D eigenvalue weighted by Gasteiger charge is -2.25. The lowest BCUT2D eigenvalue weighted by molar-refractivity contribution is 0.457. The Morgan fingerprint density at radius 2 is 1.87 bits per heavy atom. The van der Waals surface area contributed by atoms with E-state index in [2.05, 4.69) is 63.6 Å². The van der Waals surface area contributed by atoms with Crippen LogP contribution >= 0.6 is 38.5 Å². The van der Waals surface area contributed by atoms with Gasteiger partial charge in [-0.25, -0.2) is 0 Å². The van der Waals surface area contributed by atoms with Gasteiger partial charge in [-0.1, -0.05) is 28.1 Å². The molecule has 0 heterocycles. The van der Waals surface area contributed by atoms with E-state index in [9.17, 15) is 0 Å². The molecule has 0 nitrogen and oxygen atoms in total. The zero-order chi connectivity index (χ0) is 10.8. The first-order valence-electron chi connectivity index (χ1n) is 5.57. The third-order valence-corrected chi connectivity index (χ3v) is 5.44. The quantitative estimate of drug-likeness (QED) is 0.475. The minimum atomic E-state index is 0.763. The summed E-state index contributed by atoms with van der Waals surface area (Å²) < 4.78 is 1.38. The number of hydrogen-bond donors (Lipinski definition) is 0. The van der Waals surface area contributed by atoms with Crippen LogP contribution in [0.4, 0.5) is 0 Å². The molecule has 1 aromatic carbocycles. The van der Waals surface area contributed by atoms with Gasteiger partial charge in [0.1, 0.15) is 0 Å². The van der Waals surface area contributed by atoms with Crippen LogP contribution in [-0.4, -0.2) is 4.83 Å². The summed E-state index contributed by atoms with van der Waals surface area (Å²) in [5.41, 5.74) is 2.97. The van der Waals surface area contributed by atoms with Gasteiger partial charge in [-0.2, -0.15) is 0 Å². The van der Waals surface area contributed by atoms with E-state index in [4.69, 9.17) is 0 Å². The zero-order valence-corrected chi connectivity index (χ0v) is 12.7. The average molecular weight is 379 g/mol. The van der Waals surface area contributed by atoms with Crippen LogP contribution in [0.5, 0.6) is 0 Å². The maximum absolute atomic E-state index is 3.71. The number of alkyl halides is 1. The van der Waals surface area contributed by atoms with Gasteiger partial charge in [0.2, 0.25) is 0 Å². The van der Waals surface area contributed by atoms with Crippen molar-refractivity contribution in [3.05, 3.63) is 32.9 Å². The lowest BCUT2D eigenvalue weighted by atomic mass is 9.84. The molecule has 0 aromatic heterocycles. The van der Waals surface area contributed by atoms with Crippen molar-refractivity contribution in [3.8, 4) is 0 Å². The Morgan fingerprint density at radius 1 is 1.20 bits per heavy atom. The molecule has 1 aliphatic carbocycles. The molecule has 1 saturated carbocycles. The normalized spacial score (nSPS) is 26.6. The zero-order valence-electron chi connectivity index (χ0n) is 8.97. The maximum atomic E-state index is 3.71. The Balaban J connectivity index is 2.12. The van der Waals surface area contributed by atoms with E-state index in [1.807, 2.05) is 0 Å². The second kappa shape index (κ2) is 5.17. The highest BCUT2D eigenvalue weighted by Crippen LogP contribution is 2.36. The van der Waals surface area contributed by atoms with E-state index >= 15 is 0 Å². The highest BCUT2D eigenvalue weighted by molar-refractivity contribution is 14.1. The van der Waals surface area contributed by atoms with Gasteiger partial charge in [-0.05, 0) is 78.3 Å². The monoisotopic (exact) mass is 378 g/mol. The Morgan fingerprint density at radius 3 is 2.47 bits per heavy atom. The second-order valence-corrected chi connectivity index (χ2v) is 6.91. The summed E-state index contributed by atoms with van der Waals surface area (Å²) in [6.07, 6.45) is 5.34. The van der Waals surface area contributed by atoms with Crippen LogP contribution in [-0.2, 0) is 0 Å². The van der Waals surface area contributed by atoms with Gasteiger partial charge in [0.15, 0.2) is 0 Å². The van der Waals surface area contributed by atoms with Gasteiger partial charge in [0, 0.05) is 8.40 Å². The van der Waals surface area contributed by atoms with Crippen molar-refractivity contribution < 1.29 is 0 Å². The summed E-state index contributed by atoms with van der Waals surface area (Å²) in [6.45, 7) is 2.21. The molecule has 2 rings (SSSR count). The summed E-state index contributed by atoms with van der Waals surface area (Å²) in [4.78, 5) is 0.763. The van der Waals surface area contributed by atoms with E-state index in [-0.39, 0.29) is 0 Å². The predicted octanol–water partition coefficient (Wildman–Crippen LogP) is 5.02. The molecule has 1 aromatic rings. The van der Waals surface area contributed by atoms with Crippen LogP contribution in [0.15, 0.2) is 18.2 Å². The largest absolute Gasteiger partial charge is 0.0891 e. The third kappa shape index (κ3) is 2.96. The Labute approximate surface area is 114 Å². The van der Waals surface area contributed by atoms with Crippen molar-refractivity contribution in [3.63, 3.8) is 0 Å². The fraction of sp³-hybridized carbons (Fsp3) is 0.538. The number of rotatable bonds is 1. The molecule has 1 aliphatic rings. The molecule has 0 saturated heterocycles.